The van der Waals surface area contributed by atoms with Crippen molar-refractivity contribution in [2.45, 2.75) is 25.7 Å². The quantitative estimate of drug-likeness (QED) is 0.748. The van der Waals surface area contributed by atoms with Gasteiger partial charge in [-0.05, 0) is 44.3 Å². The summed E-state index contributed by atoms with van der Waals surface area (Å²) in [6, 6.07) is 8.10. The van der Waals surface area contributed by atoms with E-state index in [2.05, 4.69) is 17.4 Å². The van der Waals surface area contributed by atoms with Crippen molar-refractivity contribution in [3.05, 3.63) is 35.4 Å². The van der Waals surface area contributed by atoms with Crippen molar-refractivity contribution >= 4 is 5.78 Å². The highest BCUT2D eigenvalue weighted by Crippen LogP contribution is 2.25. The lowest BCUT2D eigenvalue weighted by atomic mass is 9.89. The first kappa shape index (κ1) is 10.4. The average molecular weight is 203 g/mol. The van der Waals surface area contributed by atoms with Gasteiger partial charge < -0.3 is 5.32 Å². The summed E-state index contributed by atoms with van der Waals surface area (Å²) in [6.07, 6.45) is 2.42. The maximum Gasteiger partial charge on any atom is 0.159 e. The molecule has 1 aromatic carbocycles. The standard InChI is InChI=1S/C13H17NO/c1-10(15)11-2-4-12(5-3-11)13-6-8-14-9-7-13/h2-5,13-14H,6-9H2,1H3. The zero-order valence-corrected chi connectivity index (χ0v) is 9.12. The van der Waals surface area contributed by atoms with Crippen LogP contribution in [0.1, 0.15) is 41.6 Å². The van der Waals surface area contributed by atoms with Gasteiger partial charge in [0.2, 0.25) is 0 Å². The van der Waals surface area contributed by atoms with Gasteiger partial charge in [-0.1, -0.05) is 24.3 Å². The maximum absolute atomic E-state index is 11.1. The van der Waals surface area contributed by atoms with Gasteiger partial charge in [0, 0.05) is 5.56 Å². The Kier molecular flexibility index (Phi) is 3.17. The molecular weight excluding hydrogens is 186 g/mol. The number of rotatable bonds is 2. The predicted molar refractivity (Wildman–Crippen MR) is 61.3 cm³/mol. The minimum Gasteiger partial charge on any atom is -0.317 e. The molecule has 1 N–H and O–H groups in total. The molecule has 2 nitrogen and oxygen atoms in total. The number of hydrogen-bond donors (Lipinski definition) is 1. The van der Waals surface area contributed by atoms with Crippen LogP contribution in [0, 0.1) is 0 Å². The van der Waals surface area contributed by atoms with Gasteiger partial charge in [0.25, 0.3) is 0 Å². The highest BCUT2D eigenvalue weighted by Gasteiger charge is 2.14. The van der Waals surface area contributed by atoms with Crippen LogP contribution in [0.2, 0.25) is 0 Å². The van der Waals surface area contributed by atoms with Gasteiger partial charge in [0.05, 0.1) is 0 Å². The van der Waals surface area contributed by atoms with Crippen LogP contribution in [0.25, 0.3) is 0 Å². The van der Waals surface area contributed by atoms with E-state index in [-0.39, 0.29) is 5.78 Å². The molecule has 0 aliphatic carbocycles. The molecule has 0 amide bonds. The van der Waals surface area contributed by atoms with Crippen molar-refractivity contribution in [1.29, 1.82) is 0 Å². The normalized spacial score (nSPS) is 17.7. The molecule has 0 unspecified atom stereocenters. The zero-order valence-electron chi connectivity index (χ0n) is 9.12. The topological polar surface area (TPSA) is 29.1 Å². The van der Waals surface area contributed by atoms with E-state index < -0.39 is 0 Å². The third kappa shape index (κ3) is 2.45. The van der Waals surface area contributed by atoms with Gasteiger partial charge in [-0.2, -0.15) is 0 Å². The van der Waals surface area contributed by atoms with Gasteiger partial charge in [0.15, 0.2) is 5.78 Å². The monoisotopic (exact) mass is 203 g/mol. The molecule has 2 heteroatoms. The summed E-state index contributed by atoms with van der Waals surface area (Å²) in [4.78, 5) is 11.1. The number of carbonyl (C=O) groups excluding carboxylic acids is 1. The van der Waals surface area contributed by atoms with Crippen LogP contribution in [0.15, 0.2) is 24.3 Å². The SMILES string of the molecule is CC(=O)c1ccc(C2CCNCC2)cc1. The third-order valence-electron chi connectivity index (χ3n) is 3.13. The van der Waals surface area contributed by atoms with E-state index >= 15 is 0 Å². The van der Waals surface area contributed by atoms with E-state index in [4.69, 9.17) is 0 Å². The molecule has 1 saturated heterocycles. The molecule has 1 fully saturated rings. The summed E-state index contributed by atoms with van der Waals surface area (Å²) >= 11 is 0. The average Bonchev–Trinajstić information content (AvgIpc) is 2.30. The number of nitrogens with one attached hydrogen (secondary N) is 1. The van der Waals surface area contributed by atoms with E-state index in [1.54, 1.807) is 6.92 Å². The number of piperidine rings is 1. The first-order valence-electron chi connectivity index (χ1n) is 5.59. The van der Waals surface area contributed by atoms with Crippen LogP contribution in [0.3, 0.4) is 0 Å². The fourth-order valence-corrected chi connectivity index (χ4v) is 2.15. The van der Waals surface area contributed by atoms with E-state index in [0.29, 0.717) is 5.92 Å². The predicted octanol–water partition coefficient (Wildman–Crippen LogP) is 2.36. The minimum atomic E-state index is 0.145. The van der Waals surface area contributed by atoms with Crippen molar-refractivity contribution in [1.82, 2.24) is 5.32 Å². The molecule has 1 aromatic rings. The molecule has 2 rings (SSSR count). The summed E-state index contributed by atoms with van der Waals surface area (Å²) in [5.74, 6) is 0.819. The molecule has 0 spiro atoms. The van der Waals surface area contributed by atoms with Crippen LogP contribution in [-0.4, -0.2) is 18.9 Å². The second-order valence-electron chi connectivity index (χ2n) is 4.20. The largest absolute Gasteiger partial charge is 0.317 e. The maximum atomic E-state index is 11.1. The second-order valence-corrected chi connectivity index (χ2v) is 4.20. The second kappa shape index (κ2) is 4.58. The Morgan fingerprint density at radius 2 is 1.80 bits per heavy atom. The Morgan fingerprint density at radius 1 is 1.20 bits per heavy atom. The van der Waals surface area contributed by atoms with Crippen LogP contribution < -0.4 is 5.32 Å². The van der Waals surface area contributed by atoms with Crippen LogP contribution in [0.5, 0.6) is 0 Å². The summed E-state index contributed by atoms with van der Waals surface area (Å²) < 4.78 is 0. The Labute approximate surface area is 90.7 Å². The summed E-state index contributed by atoms with van der Waals surface area (Å²) in [5, 5.41) is 3.36. The van der Waals surface area contributed by atoms with Crippen molar-refractivity contribution in [2.24, 2.45) is 0 Å². The molecule has 0 saturated carbocycles. The Bertz CT molecular complexity index is 336. The molecule has 0 aromatic heterocycles. The lowest BCUT2D eigenvalue weighted by Crippen LogP contribution is -2.26. The van der Waals surface area contributed by atoms with Crippen LogP contribution in [-0.2, 0) is 0 Å². The van der Waals surface area contributed by atoms with E-state index in [1.807, 2.05) is 12.1 Å². The fraction of sp³-hybridized carbons (Fsp3) is 0.462. The van der Waals surface area contributed by atoms with Crippen LogP contribution >= 0.6 is 0 Å². The molecule has 1 aliphatic heterocycles. The minimum absolute atomic E-state index is 0.145. The van der Waals surface area contributed by atoms with Crippen molar-refractivity contribution in [2.75, 3.05) is 13.1 Å². The summed E-state index contributed by atoms with van der Waals surface area (Å²) in [6.45, 7) is 3.83. The van der Waals surface area contributed by atoms with Crippen molar-refractivity contribution < 1.29 is 4.79 Å². The number of ketones is 1. The van der Waals surface area contributed by atoms with Gasteiger partial charge in [-0.25, -0.2) is 0 Å². The van der Waals surface area contributed by atoms with Gasteiger partial charge in [-0.15, -0.1) is 0 Å². The van der Waals surface area contributed by atoms with Gasteiger partial charge >= 0.3 is 0 Å². The van der Waals surface area contributed by atoms with Crippen LogP contribution in [0.4, 0.5) is 0 Å². The molecule has 15 heavy (non-hydrogen) atoms. The summed E-state index contributed by atoms with van der Waals surface area (Å²) in [5.41, 5.74) is 2.19. The van der Waals surface area contributed by atoms with Crippen molar-refractivity contribution in [3.63, 3.8) is 0 Å². The van der Waals surface area contributed by atoms with Gasteiger partial charge in [-0.3, -0.25) is 4.79 Å². The van der Waals surface area contributed by atoms with E-state index in [0.717, 1.165) is 18.7 Å². The molecule has 0 atom stereocenters. The summed E-state index contributed by atoms with van der Waals surface area (Å²) in [7, 11) is 0. The van der Waals surface area contributed by atoms with E-state index in [1.165, 1.54) is 18.4 Å². The Hall–Kier alpha value is -1.15. The Morgan fingerprint density at radius 3 is 2.33 bits per heavy atom. The number of hydrogen-bond acceptors (Lipinski definition) is 2. The lowest BCUT2D eigenvalue weighted by Gasteiger charge is -2.22. The molecule has 0 bridgehead atoms. The number of Topliss-reactive ketones (excluding diaryl/α,β-unsaturated/α-hetero) is 1. The number of carbonyl (C=O) groups is 1. The third-order valence-corrected chi connectivity index (χ3v) is 3.13. The molecule has 0 radical (unpaired) electrons. The van der Waals surface area contributed by atoms with E-state index in [9.17, 15) is 4.79 Å². The zero-order chi connectivity index (χ0) is 10.7. The smallest absolute Gasteiger partial charge is 0.159 e. The Balaban J connectivity index is 2.11. The lowest BCUT2D eigenvalue weighted by molar-refractivity contribution is 0.101. The van der Waals surface area contributed by atoms with Gasteiger partial charge in [0.1, 0.15) is 0 Å². The first-order valence-corrected chi connectivity index (χ1v) is 5.59. The highest BCUT2D eigenvalue weighted by atomic mass is 16.1. The highest BCUT2D eigenvalue weighted by molar-refractivity contribution is 5.94. The molecule has 1 heterocycles. The molecular formula is C13H17NO. The fourth-order valence-electron chi connectivity index (χ4n) is 2.15. The van der Waals surface area contributed by atoms with Crippen molar-refractivity contribution in [3.8, 4) is 0 Å². The molecule has 1 aliphatic rings. The number of benzene rings is 1. The molecule has 80 valence electrons. The first-order chi connectivity index (χ1) is 7.27.